The quantitative estimate of drug-likeness (QED) is 0.635. The fraction of sp³-hybridized carbons (Fsp3) is 0.889. The number of rotatable bonds is 5. The zero-order valence-corrected chi connectivity index (χ0v) is 8.60. The van der Waals surface area contributed by atoms with Crippen LogP contribution in [0, 0.1) is 5.92 Å². The largest absolute Gasteiger partial charge is 0.305 e. The highest BCUT2D eigenvalue weighted by atomic mass is 32.1. The van der Waals surface area contributed by atoms with Gasteiger partial charge in [0.2, 0.25) is 0 Å². The molecule has 1 unspecified atom stereocenters. The molecule has 0 spiro atoms. The minimum absolute atomic E-state index is 0.0270. The minimum Gasteiger partial charge on any atom is -0.305 e. The molecule has 12 heavy (non-hydrogen) atoms. The molecule has 1 aliphatic rings. The van der Waals surface area contributed by atoms with Gasteiger partial charge in [-0.25, -0.2) is 0 Å². The summed E-state index contributed by atoms with van der Waals surface area (Å²) in [7, 11) is 0. The summed E-state index contributed by atoms with van der Waals surface area (Å²) in [5.74, 6) is 1.32. The summed E-state index contributed by atoms with van der Waals surface area (Å²) in [6, 6.07) is 0.339. The van der Waals surface area contributed by atoms with Crippen LogP contribution in [0.25, 0.3) is 0 Å². The second-order valence-corrected chi connectivity index (χ2v) is 4.10. The number of thiol groups is 1. The minimum atomic E-state index is -0.0270. The molecule has 2 nitrogen and oxygen atoms in total. The van der Waals surface area contributed by atoms with E-state index in [4.69, 9.17) is 0 Å². The van der Waals surface area contributed by atoms with Crippen LogP contribution < -0.4 is 5.32 Å². The van der Waals surface area contributed by atoms with Gasteiger partial charge in [-0.15, -0.1) is 0 Å². The maximum Gasteiger partial charge on any atom is 0.153 e. The topological polar surface area (TPSA) is 29.1 Å². The van der Waals surface area contributed by atoms with E-state index in [0.717, 1.165) is 12.8 Å². The van der Waals surface area contributed by atoms with E-state index in [2.05, 4.69) is 31.8 Å². The van der Waals surface area contributed by atoms with E-state index in [1.54, 1.807) is 0 Å². The van der Waals surface area contributed by atoms with Gasteiger partial charge in [-0.3, -0.25) is 4.79 Å². The number of hydrogen-bond donors (Lipinski definition) is 2. The Kier molecular flexibility index (Phi) is 3.59. The molecule has 1 saturated carbocycles. The fourth-order valence-electron chi connectivity index (χ4n) is 1.28. The molecule has 1 N–H and O–H groups in total. The third-order valence-electron chi connectivity index (χ3n) is 2.04. The van der Waals surface area contributed by atoms with Crippen LogP contribution in [0.2, 0.25) is 0 Å². The molecule has 1 aliphatic carbocycles. The summed E-state index contributed by atoms with van der Waals surface area (Å²) in [6.07, 6.45) is 2.17. The highest BCUT2D eigenvalue weighted by molar-refractivity contribution is 7.80. The van der Waals surface area contributed by atoms with Crippen molar-refractivity contribution in [3.63, 3.8) is 0 Å². The molecule has 0 heterocycles. The van der Waals surface area contributed by atoms with Crippen LogP contribution in [0.1, 0.15) is 26.7 Å². The lowest BCUT2D eigenvalue weighted by molar-refractivity contribution is -0.121. The Bertz CT molecular complexity index is 166. The Labute approximate surface area is 79.5 Å². The van der Waals surface area contributed by atoms with Gasteiger partial charge in [0.05, 0.1) is 6.04 Å². The summed E-state index contributed by atoms with van der Waals surface area (Å²) in [5, 5.41) is 3.22. The highest BCUT2D eigenvalue weighted by Gasteiger charge is 2.34. The summed E-state index contributed by atoms with van der Waals surface area (Å²) < 4.78 is 0. The molecule has 0 aliphatic heterocycles. The first-order valence-electron chi connectivity index (χ1n) is 4.55. The van der Waals surface area contributed by atoms with Crippen molar-refractivity contribution in [3.8, 4) is 0 Å². The van der Waals surface area contributed by atoms with E-state index >= 15 is 0 Å². The van der Waals surface area contributed by atoms with E-state index in [-0.39, 0.29) is 6.04 Å². The van der Waals surface area contributed by atoms with E-state index in [1.165, 1.54) is 0 Å². The number of Topliss-reactive ketones (excluding diaryl/α,β-unsaturated/α-hetero) is 1. The smallest absolute Gasteiger partial charge is 0.153 e. The van der Waals surface area contributed by atoms with Crippen LogP contribution in [0.5, 0.6) is 0 Å². The first kappa shape index (κ1) is 10.1. The normalized spacial score (nSPS) is 19.7. The molecule has 1 fully saturated rings. The zero-order chi connectivity index (χ0) is 9.14. The number of nitrogens with one attached hydrogen (secondary N) is 1. The average molecular weight is 187 g/mol. The first-order valence-corrected chi connectivity index (χ1v) is 5.19. The van der Waals surface area contributed by atoms with Gasteiger partial charge in [0.15, 0.2) is 5.78 Å². The summed E-state index contributed by atoms with van der Waals surface area (Å²) >= 11 is 4.17. The van der Waals surface area contributed by atoms with Gasteiger partial charge in [0, 0.05) is 17.7 Å². The van der Waals surface area contributed by atoms with Crippen molar-refractivity contribution >= 4 is 18.4 Å². The zero-order valence-electron chi connectivity index (χ0n) is 7.71. The molecule has 0 bridgehead atoms. The van der Waals surface area contributed by atoms with Gasteiger partial charge in [-0.2, -0.15) is 12.6 Å². The molecule has 1 atom stereocenters. The standard InChI is InChI=1S/C9H17NOS/c1-6(2)10-8(5-12)9(11)7-3-4-7/h6-8,10,12H,3-5H2,1-2H3. The summed E-state index contributed by atoms with van der Waals surface area (Å²) in [6.45, 7) is 4.10. The Morgan fingerprint density at radius 2 is 2.17 bits per heavy atom. The molecular weight excluding hydrogens is 170 g/mol. The van der Waals surface area contributed by atoms with Crippen molar-refractivity contribution in [2.75, 3.05) is 5.75 Å². The average Bonchev–Trinajstić information content (AvgIpc) is 2.80. The molecular formula is C9H17NOS. The third-order valence-corrected chi connectivity index (χ3v) is 2.41. The Balaban J connectivity index is 2.37. The van der Waals surface area contributed by atoms with Crippen LogP contribution in [0.3, 0.4) is 0 Å². The Morgan fingerprint density at radius 3 is 2.50 bits per heavy atom. The maximum atomic E-state index is 11.6. The second kappa shape index (κ2) is 4.28. The van der Waals surface area contributed by atoms with Gasteiger partial charge in [0.1, 0.15) is 0 Å². The van der Waals surface area contributed by atoms with Crippen molar-refractivity contribution in [2.24, 2.45) is 5.92 Å². The van der Waals surface area contributed by atoms with E-state index < -0.39 is 0 Å². The number of carbonyl (C=O) groups excluding carboxylic acids is 1. The van der Waals surface area contributed by atoms with Gasteiger partial charge in [0.25, 0.3) is 0 Å². The molecule has 70 valence electrons. The lowest BCUT2D eigenvalue weighted by atomic mass is 10.1. The monoisotopic (exact) mass is 187 g/mol. The summed E-state index contributed by atoms with van der Waals surface area (Å²) in [5.41, 5.74) is 0. The predicted molar refractivity (Wildman–Crippen MR) is 53.6 cm³/mol. The van der Waals surface area contributed by atoms with Crippen LogP contribution in [0.4, 0.5) is 0 Å². The van der Waals surface area contributed by atoms with Crippen molar-refractivity contribution < 1.29 is 4.79 Å². The Hall–Kier alpha value is -0.0200. The molecule has 0 aromatic carbocycles. The highest BCUT2D eigenvalue weighted by Crippen LogP contribution is 2.31. The van der Waals surface area contributed by atoms with Crippen LogP contribution >= 0.6 is 12.6 Å². The molecule has 0 amide bonds. The lowest BCUT2D eigenvalue weighted by Gasteiger charge is -2.17. The van der Waals surface area contributed by atoms with E-state index in [1.807, 2.05) is 0 Å². The first-order chi connectivity index (χ1) is 5.65. The number of hydrogen-bond acceptors (Lipinski definition) is 3. The van der Waals surface area contributed by atoms with Crippen LogP contribution in [-0.2, 0) is 4.79 Å². The SMILES string of the molecule is CC(C)NC(CS)C(=O)C1CC1. The lowest BCUT2D eigenvalue weighted by Crippen LogP contribution is -2.43. The number of ketones is 1. The summed E-state index contributed by atoms with van der Waals surface area (Å²) in [4.78, 5) is 11.6. The van der Waals surface area contributed by atoms with Crippen molar-refractivity contribution in [1.29, 1.82) is 0 Å². The van der Waals surface area contributed by atoms with E-state index in [0.29, 0.717) is 23.5 Å². The molecule has 3 heteroatoms. The molecule has 1 rings (SSSR count). The van der Waals surface area contributed by atoms with Gasteiger partial charge in [-0.05, 0) is 12.8 Å². The van der Waals surface area contributed by atoms with Gasteiger partial charge < -0.3 is 5.32 Å². The van der Waals surface area contributed by atoms with Crippen LogP contribution in [-0.4, -0.2) is 23.6 Å². The predicted octanol–water partition coefficient (Wildman–Crippen LogP) is 1.26. The fourth-order valence-corrected chi connectivity index (χ4v) is 1.56. The van der Waals surface area contributed by atoms with Gasteiger partial charge >= 0.3 is 0 Å². The molecule has 0 aromatic rings. The Morgan fingerprint density at radius 1 is 1.58 bits per heavy atom. The molecule has 0 saturated heterocycles. The molecule has 0 radical (unpaired) electrons. The maximum absolute atomic E-state index is 11.6. The number of carbonyl (C=O) groups is 1. The van der Waals surface area contributed by atoms with Gasteiger partial charge in [-0.1, -0.05) is 13.8 Å². The molecule has 0 aromatic heterocycles. The third kappa shape index (κ3) is 2.79. The van der Waals surface area contributed by atoms with Crippen molar-refractivity contribution in [1.82, 2.24) is 5.32 Å². The second-order valence-electron chi connectivity index (χ2n) is 3.73. The van der Waals surface area contributed by atoms with Crippen molar-refractivity contribution in [2.45, 2.75) is 38.8 Å². The van der Waals surface area contributed by atoms with Crippen LogP contribution in [0.15, 0.2) is 0 Å². The van der Waals surface area contributed by atoms with E-state index in [9.17, 15) is 4.79 Å². The van der Waals surface area contributed by atoms with Crippen molar-refractivity contribution in [3.05, 3.63) is 0 Å².